The summed E-state index contributed by atoms with van der Waals surface area (Å²) in [6, 6.07) is 0. The topological polar surface area (TPSA) is 75.7 Å². The summed E-state index contributed by atoms with van der Waals surface area (Å²) in [5.41, 5.74) is 0.325. The van der Waals surface area contributed by atoms with Crippen molar-refractivity contribution in [2.24, 2.45) is 0 Å². The number of nitrogens with zero attached hydrogens (tertiary/aromatic N) is 2. The number of ether oxygens (including phenoxy) is 1. The largest absolute Gasteiger partial charge is 0.377 e. The predicted molar refractivity (Wildman–Crippen MR) is 66.6 cm³/mol. The van der Waals surface area contributed by atoms with Crippen molar-refractivity contribution in [1.82, 2.24) is 19.5 Å². The second-order valence-electron chi connectivity index (χ2n) is 4.41. The van der Waals surface area contributed by atoms with Crippen LogP contribution >= 0.6 is 12.2 Å². The van der Waals surface area contributed by atoms with Crippen molar-refractivity contribution < 1.29 is 4.74 Å². The van der Waals surface area contributed by atoms with Crippen molar-refractivity contribution in [3.8, 4) is 0 Å². The van der Waals surface area contributed by atoms with Gasteiger partial charge in [-0.25, -0.2) is 4.98 Å². The Kier molecular flexibility index (Phi) is 2.88. The zero-order valence-electron chi connectivity index (χ0n) is 9.90. The first-order chi connectivity index (χ1) is 7.94. The quantitative estimate of drug-likeness (QED) is 0.807. The van der Waals surface area contributed by atoms with Gasteiger partial charge in [-0.15, -0.1) is 0 Å². The van der Waals surface area contributed by atoms with Crippen molar-refractivity contribution in [3.05, 3.63) is 21.5 Å². The molecule has 0 aliphatic rings. The fraction of sp³-hybridized carbons (Fsp3) is 0.500. The molecule has 0 atom stereocenters. The van der Waals surface area contributed by atoms with Crippen LogP contribution < -0.4 is 5.56 Å². The first-order valence-corrected chi connectivity index (χ1v) is 5.57. The number of nitrogens with one attached hydrogen (secondary N) is 2. The molecule has 0 aliphatic heterocycles. The number of imidazole rings is 1. The monoisotopic (exact) mass is 254 g/mol. The molecule has 0 fully saturated rings. The third-order valence-electron chi connectivity index (χ3n) is 2.66. The summed E-state index contributed by atoms with van der Waals surface area (Å²) in [5, 5.41) is 0. The van der Waals surface area contributed by atoms with Crippen LogP contribution in [0.25, 0.3) is 11.2 Å². The first kappa shape index (κ1) is 12.0. The van der Waals surface area contributed by atoms with E-state index in [2.05, 4.69) is 15.0 Å². The summed E-state index contributed by atoms with van der Waals surface area (Å²) in [5.74, 6) is 0. The van der Waals surface area contributed by atoms with E-state index in [9.17, 15) is 4.79 Å². The van der Waals surface area contributed by atoms with Crippen LogP contribution in [0.15, 0.2) is 11.1 Å². The average molecular weight is 254 g/mol. The van der Waals surface area contributed by atoms with Gasteiger partial charge in [0.05, 0.1) is 18.5 Å². The third kappa shape index (κ3) is 2.16. The third-order valence-corrected chi connectivity index (χ3v) is 2.98. The van der Waals surface area contributed by atoms with E-state index < -0.39 is 0 Å². The highest BCUT2D eigenvalue weighted by Crippen LogP contribution is 2.14. The van der Waals surface area contributed by atoms with Crippen LogP contribution in [0.5, 0.6) is 0 Å². The summed E-state index contributed by atoms with van der Waals surface area (Å²) in [4.78, 5) is 21.1. The summed E-state index contributed by atoms with van der Waals surface area (Å²) in [6.07, 6.45) is 1.48. The maximum atomic E-state index is 11.6. The Morgan fingerprint density at radius 3 is 2.94 bits per heavy atom. The van der Waals surface area contributed by atoms with Gasteiger partial charge in [-0.05, 0) is 26.1 Å². The summed E-state index contributed by atoms with van der Waals surface area (Å²) in [7, 11) is 1.64. The Morgan fingerprint density at radius 1 is 1.59 bits per heavy atom. The van der Waals surface area contributed by atoms with Gasteiger partial charge in [0, 0.05) is 7.11 Å². The van der Waals surface area contributed by atoms with Crippen LogP contribution in [0.3, 0.4) is 0 Å². The average Bonchev–Trinajstić information content (AvgIpc) is 2.73. The minimum absolute atomic E-state index is 0.256. The number of aromatic amines is 2. The maximum Gasteiger partial charge on any atom is 0.277 e. The first-order valence-electron chi connectivity index (χ1n) is 5.16. The summed E-state index contributed by atoms with van der Waals surface area (Å²) < 4.78 is 7.46. The second-order valence-corrected chi connectivity index (χ2v) is 4.80. The lowest BCUT2D eigenvalue weighted by Gasteiger charge is -2.24. The molecule has 0 unspecified atom stereocenters. The Hall–Kier alpha value is -1.47. The highest BCUT2D eigenvalue weighted by Gasteiger charge is 2.19. The van der Waals surface area contributed by atoms with Crippen molar-refractivity contribution in [1.29, 1.82) is 0 Å². The van der Waals surface area contributed by atoms with Gasteiger partial charge in [0.15, 0.2) is 10.4 Å². The van der Waals surface area contributed by atoms with Crippen molar-refractivity contribution in [3.63, 3.8) is 0 Å². The highest BCUT2D eigenvalue weighted by molar-refractivity contribution is 7.71. The molecular weight excluding hydrogens is 240 g/mol. The van der Waals surface area contributed by atoms with Gasteiger partial charge < -0.3 is 9.72 Å². The lowest BCUT2D eigenvalue weighted by Crippen LogP contribution is -2.31. The molecule has 17 heavy (non-hydrogen) atoms. The number of hydrogen-bond donors (Lipinski definition) is 2. The summed E-state index contributed by atoms with van der Waals surface area (Å²) >= 11 is 5.15. The molecule has 0 bridgehead atoms. The van der Waals surface area contributed by atoms with Crippen molar-refractivity contribution in [2.75, 3.05) is 7.11 Å². The van der Waals surface area contributed by atoms with E-state index in [1.165, 1.54) is 6.33 Å². The predicted octanol–water partition coefficient (Wildman–Crippen LogP) is 1.21. The van der Waals surface area contributed by atoms with E-state index in [1.54, 1.807) is 11.7 Å². The number of fused-ring (bicyclic) bond motifs is 1. The van der Waals surface area contributed by atoms with Gasteiger partial charge in [0.1, 0.15) is 5.52 Å². The van der Waals surface area contributed by atoms with E-state index >= 15 is 0 Å². The molecule has 2 aromatic rings. The van der Waals surface area contributed by atoms with Crippen LogP contribution in [0.1, 0.15) is 13.8 Å². The molecule has 0 aromatic carbocycles. The fourth-order valence-corrected chi connectivity index (χ4v) is 1.82. The SMILES string of the molecule is COC(C)(C)Cn1c(=S)[nH]c(=O)c2[nH]cnc21. The molecule has 6 nitrogen and oxygen atoms in total. The van der Waals surface area contributed by atoms with Gasteiger partial charge in [-0.2, -0.15) is 0 Å². The van der Waals surface area contributed by atoms with Gasteiger partial charge in [-0.3, -0.25) is 14.3 Å². The normalized spacial score (nSPS) is 12.2. The fourth-order valence-electron chi connectivity index (χ4n) is 1.57. The number of methoxy groups -OCH3 is 1. The smallest absolute Gasteiger partial charge is 0.277 e. The van der Waals surface area contributed by atoms with Gasteiger partial charge in [0.2, 0.25) is 0 Å². The lowest BCUT2D eigenvalue weighted by molar-refractivity contribution is 0.00839. The number of H-pyrrole nitrogens is 2. The molecule has 2 heterocycles. The number of hydrogen-bond acceptors (Lipinski definition) is 4. The van der Waals surface area contributed by atoms with Crippen LogP contribution in [0, 0.1) is 4.77 Å². The van der Waals surface area contributed by atoms with Crippen LogP contribution in [-0.2, 0) is 11.3 Å². The van der Waals surface area contributed by atoms with E-state index in [4.69, 9.17) is 17.0 Å². The van der Waals surface area contributed by atoms with Crippen molar-refractivity contribution in [2.45, 2.75) is 26.0 Å². The van der Waals surface area contributed by atoms with Gasteiger partial charge >= 0.3 is 0 Å². The van der Waals surface area contributed by atoms with Gasteiger partial charge in [0.25, 0.3) is 5.56 Å². The molecule has 0 aliphatic carbocycles. The zero-order chi connectivity index (χ0) is 12.6. The highest BCUT2D eigenvalue weighted by atomic mass is 32.1. The molecule has 0 saturated heterocycles. The van der Waals surface area contributed by atoms with Crippen LogP contribution in [0.4, 0.5) is 0 Å². The standard InChI is InChI=1S/C10H14N4O2S/c1-10(2,16-3)4-14-7-6(11-5-12-7)8(15)13-9(14)17/h5H,4H2,1-3H3,(H,11,12)(H,13,15,17). The Labute approximate surface area is 103 Å². The molecule has 0 spiro atoms. The molecule has 0 radical (unpaired) electrons. The molecule has 0 amide bonds. The van der Waals surface area contributed by atoms with E-state index in [1.807, 2.05) is 13.8 Å². The van der Waals surface area contributed by atoms with Crippen LogP contribution in [0.2, 0.25) is 0 Å². The Bertz CT molecular complexity index is 652. The van der Waals surface area contributed by atoms with Gasteiger partial charge in [-0.1, -0.05) is 0 Å². The molecule has 2 N–H and O–H groups in total. The van der Waals surface area contributed by atoms with Crippen molar-refractivity contribution >= 4 is 23.4 Å². The molecular formula is C10H14N4O2S. The zero-order valence-corrected chi connectivity index (χ0v) is 10.7. The minimum Gasteiger partial charge on any atom is -0.377 e. The second kappa shape index (κ2) is 4.08. The van der Waals surface area contributed by atoms with Crippen LogP contribution in [-0.4, -0.2) is 32.2 Å². The van der Waals surface area contributed by atoms with E-state index in [0.717, 1.165) is 0 Å². The number of aromatic nitrogens is 4. The Balaban J connectivity index is 2.65. The van der Waals surface area contributed by atoms with E-state index in [0.29, 0.717) is 22.5 Å². The lowest BCUT2D eigenvalue weighted by atomic mass is 10.1. The molecule has 7 heteroatoms. The minimum atomic E-state index is -0.387. The Morgan fingerprint density at radius 2 is 2.29 bits per heavy atom. The molecule has 2 aromatic heterocycles. The summed E-state index contributed by atoms with van der Waals surface area (Å²) in [6.45, 7) is 4.40. The molecule has 92 valence electrons. The van der Waals surface area contributed by atoms with E-state index in [-0.39, 0.29) is 11.2 Å². The maximum absolute atomic E-state index is 11.6. The molecule has 2 rings (SSSR count). The molecule has 0 saturated carbocycles. The number of rotatable bonds is 3.